The summed E-state index contributed by atoms with van der Waals surface area (Å²) in [6.07, 6.45) is 1.25. The van der Waals surface area contributed by atoms with Gasteiger partial charge >= 0.3 is 6.09 Å². The summed E-state index contributed by atoms with van der Waals surface area (Å²) in [6.45, 7) is 0.746. The summed E-state index contributed by atoms with van der Waals surface area (Å²) in [5, 5.41) is 19.1. The molecule has 0 aliphatic carbocycles. The van der Waals surface area contributed by atoms with E-state index in [1.54, 1.807) is 6.08 Å². The van der Waals surface area contributed by atoms with E-state index in [9.17, 15) is 15.0 Å². The first-order valence-corrected chi connectivity index (χ1v) is 6.15. The number of carboxylic acid groups (broad SMARTS) is 1. The molecule has 19 heavy (non-hydrogen) atoms. The fraction of sp³-hybridized carbons (Fsp3) is 0.357. The van der Waals surface area contributed by atoms with Gasteiger partial charge in [0, 0.05) is 6.54 Å². The molecule has 1 aromatic carbocycles. The predicted molar refractivity (Wildman–Crippen MR) is 69.8 cm³/mol. The molecule has 1 aliphatic rings. The van der Waals surface area contributed by atoms with Crippen molar-refractivity contribution in [1.29, 1.82) is 0 Å². The van der Waals surface area contributed by atoms with E-state index in [2.05, 4.69) is 0 Å². The van der Waals surface area contributed by atoms with Gasteiger partial charge in [0.15, 0.2) is 0 Å². The van der Waals surface area contributed by atoms with Gasteiger partial charge in [-0.25, -0.2) is 4.79 Å². The Morgan fingerprint density at radius 3 is 2.74 bits per heavy atom. The van der Waals surface area contributed by atoms with E-state index < -0.39 is 18.3 Å². The van der Waals surface area contributed by atoms with Gasteiger partial charge in [-0.1, -0.05) is 42.5 Å². The number of carbonyl (C=O) groups is 1. The van der Waals surface area contributed by atoms with E-state index in [1.807, 2.05) is 36.4 Å². The molecule has 5 heteroatoms. The number of ether oxygens (including phenoxy) is 1. The third-order valence-corrected chi connectivity index (χ3v) is 2.98. The van der Waals surface area contributed by atoms with Crippen molar-refractivity contribution in [3.05, 3.63) is 48.0 Å². The fourth-order valence-electron chi connectivity index (χ4n) is 2.00. The van der Waals surface area contributed by atoms with E-state index in [4.69, 9.17) is 4.74 Å². The summed E-state index contributed by atoms with van der Waals surface area (Å²) in [4.78, 5) is 12.4. The number of benzene rings is 1. The van der Waals surface area contributed by atoms with Crippen LogP contribution in [-0.2, 0) is 11.3 Å². The van der Waals surface area contributed by atoms with Crippen molar-refractivity contribution in [2.24, 2.45) is 0 Å². The number of aliphatic hydroxyl groups is 1. The molecule has 2 N–H and O–H groups in total. The first-order chi connectivity index (χ1) is 9.16. The zero-order chi connectivity index (χ0) is 13.7. The van der Waals surface area contributed by atoms with Crippen molar-refractivity contribution in [1.82, 2.24) is 4.90 Å². The largest absolute Gasteiger partial charge is 0.465 e. The lowest BCUT2D eigenvalue weighted by Gasteiger charge is -2.25. The van der Waals surface area contributed by atoms with E-state index in [1.165, 1.54) is 4.90 Å². The molecule has 1 heterocycles. The second kappa shape index (κ2) is 6.36. The fourth-order valence-corrected chi connectivity index (χ4v) is 2.00. The molecule has 1 aromatic rings. The summed E-state index contributed by atoms with van der Waals surface area (Å²) < 4.78 is 5.26. The molecule has 2 rings (SSSR count). The van der Waals surface area contributed by atoms with Crippen LogP contribution in [0.2, 0.25) is 0 Å². The van der Waals surface area contributed by atoms with Gasteiger partial charge in [0.2, 0.25) is 0 Å². The molecular weight excluding hydrogens is 246 g/mol. The molecule has 2 atom stereocenters. The standard InChI is InChI=1S/C14H17NO4/c16-12(13-7-4-8-19-13)10-15(14(17)18)9-11-5-2-1-3-6-11/h1-7,12-13,16H,8-10H2,(H,17,18)/t12-,13+/m1/s1. The van der Waals surface area contributed by atoms with Crippen molar-refractivity contribution in [2.75, 3.05) is 13.2 Å². The summed E-state index contributed by atoms with van der Waals surface area (Å²) in [5.74, 6) is 0. The Bertz CT molecular complexity index is 446. The second-order valence-electron chi connectivity index (χ2n) is 4.44. The van der Waals surface area contributed by atoms with Gasteiger partial charge in [-0.15, -0.1) is 0 Å². The lowest BCUT2D eigenvalue weighted by Crippen LogP contribution is -2.41. The number of hydrogen-bond acceptors (Lipinski definition) is 3. The molecule has 5 nitrogen and oxygen atoms in total. The van der Waals surface area contributed by atoms with Gasteiger partial charge in [-0.2, -0.15) is 0 Å². The Kier molecular flexibility index (Phi) is 4.54. The van der Waals surface area contributed by atoms with Crippen LogP contribution in [0, 0.1) is 0 Å². The van der Waals surface area contributed by atoms with Gasteiger partial charge < -0.3 is 19.8 Å². The average molecular weight is 263 g/mol. The van der Waals surface area contributed by atoms with Crippen molar-refractivity contribution in [2.45, 2.75) is 18.8 Å². The zero-order valence-electron chi connectivity index (χ0n) is 10.5. The SMILES string of the molecule is O=C(O)N(Cc1ccccc1)C[C@@H](O)[C@@H]1C=CCO1. The molecule has 1 aliphatic heterocycles. The Morgan fingerprint density at radius 2 is 2.16 bits per heavy atom. The monoisotopic (exact) mass is 263 g/mol. The summed E-state index contributed by atoms with van der Waals surface area (Å²) in [7, 11) is 0. The Morgan fingerprint density at radius 1 is 1.42 bits per heavy atom. The maximum absolute atomic E-state index is 11.2. The topological polar surface area (TPSA) is 70.0 Å². The van der Waals surface area contributed by atoms with Crippen molar-refractivity contribution in [3.63, 3.8) is 0 Å². The molecular formula is C14H17NO4. The first kappa shape index (κ1) is 13.6. The van der Waals surface area contributed by atoms with Crippen LogP contribution in [0.3, 0.4) is 0 Å². The minimum absolute atomic E-state index is 0.0270. The highest BCUT2D eigenvalue weighted by molar-refractivity contribution is 5.65. The highest BCUT2D eigenvalue weighted by Gasteiger charge is 2.24. The third kappa shape index (κ3) is 3.81. The van der Waals surface area contributed by atoms with Crippen LogP contribution >= 0.6 is 0 Å². The molecule has 0 aromatic heterocycles. The number of rotatable bonds is 5. The smallest absolute Gasteiger partial charge is 0.407 e. The molecule has 0 bridgehead atoms. The van der Waals surface area contributed by atoms with Gasteiger partial charge in [0.1, 0.15) is 12.2 Å². The summed E-state index contributed by atoms with van der Waals surface area (Å²) in [6, 6.07) is 9.30. The molecule has 0 unspecified atom stereocenters. The summed E-state index contributed by atoms with van der Waals surface area (Å²) in [5.41, 5.74) is 0.889. The highest BCUT2D eigenvalue weighted by atomic mass is 16.5. The molecule has 0 spiro atoms. The van der Waals surface area contributed by atoms with Gasteiger partial charge in [0.25, 0.3) is 0 Å². The third-order valence-electron chi connectivity index (χ3n) is 2.98. The van der Waals surface area contributed by atoms with Crippen molar-refractivity contribution < 1.29 is 19.7 Å². The minimum Gasteiger partial charge on any atom is -0.465 e. The zero-order valence-corrected chi connectivity index (χ0v) is 10.5. The van der Waals surface area contributed by atoms with Crippen molar-refractivity contribution >= 4 is 6.09 Å². The normalized spacial score (nSPS) is 19.3. The minimum atomic E-state index is -1.05. The second-order valence-corrected chi connectivity index (χ2v) is 4.44. The van der Waals surface area contributed by atoms with Crippen LogP contribution in [0.1, 0.15) is 5.56 Å². The lowest BCUT2D eigenvalue weighted by atomic mass is 10.1. The average Bonchev–Trinajstić information content (AvgIpc) is 2.93. The number of amides is 1. The number of aliphatic hydroxyl groups excluding tert-OH is 1. The molecule has 0 fully saturated rings. The van der Waals surface area contributed by atoms with E-state index >= 15 is 0 Å². The molecule has 0 saturated carbocycles. The van der Waals surface area contributed by atoms with Crippen LogP contribution in [-0.4, -0.2) is 46.6 Å². The Labute approximate surface area is 111 Å². The number of nitrogens with zero attached hydrogens (tertiary/aromatic N) is 1. The van der Waals surface area contributed by atoms with Crippen LogP contribution in [0.5, 0.6) is 0 Å². The van der Waals surface area contributed by atoms with Gasteiger partial charge in [-0.05, 0) is 5.56 Å². The molecule has 102 valence electrons. The van der Waals surface area contributed by atoms with Gasteiger partial charge in [0.05, 0.1) is 13.2 Å². The highest BCUT2D eigenvalue weighted by Crippen LogP contribution is 2.12. The molecule has 0 saturated heterocycles. The van der Waals surface area contributed by atoms with E-state index in [0.29, 0.717) is 6.61 Å². The molecule has 0 radical (unpaired) electrons. The summed E-state index contributed by atoms with van der Waals surface area (Å²) >= 11 is 0. The lowest BCUT2D eigenvalue weighted by molar-refractivity contribution is -0.00413. The predicted octanol–water partition coefficient (Wildman–Crippen LogP) is 1.48. The Balaban J connectivity index is 1.96. The van der Waals surface area contributed by atoms with Crippen LogP contribution < -0.4 is 0 Å². The number of hydrogen-bond donors (Lipinski definition) is 2. The van der Waals surface area contributed by atoms with E-state index in [0.717, 1.165) is 5.56 Å². The van der Waals surface area contributed by atoms with Crippen LogP contribution in [0.15, 0.2) is 42.5 Å². The van der Waals surface area contributed by atoms with Crippen molar-refractivity contribution in [3.8, 4) is 0 Å². The van der Waals surface area contributed by atoms with Gasteiger partial charge in [-0.3, -0.25) is 0 Å². The van der Waals surface area contributed by atoms with E-state index in [-0.39, 0.29) is 13.1 Å². The van der Waals surface area contributed by atoms with Crippen LogP contribution in [0.25, 0.3) is 0 Å². The first-order valence-electron chi connectivity index (χ1n) is 6.15. The Hall–Kier alpha value is -1.85. The van der Waals surface area contributed by atoms with Crippen LogP contribution in [0.4, 0.5) is 4.79 Å². The quantitative estimate of drug-likeness (QED) is 0.789. The maximum atomic E-state index is 11.2. The molecule has 1 amide bonds. The maximum Gasteiger partial charge on any atom is 0.407 e.